The average Bonchev–Trinajstić information content (AvgIpc) is 2.59. The van der Waals surface area contributed by atoms with Gasteiger partial charge < -0.3 is 16.2 Å². The van der Waals surface area contributed by atoms with E-state index in [2.05, 4.69) is 52.5 Å². The highest BCUT2D eigenvalue weighted by molar-refractivity contribution is 7.99. The van der Waals surface area contributed by atoms with E-state index in [0.29, 0.717) is 29.5 Å². The monoisotopic (exact) mass is 387 g/mol. The Morgan fingerprint density at radius 2 is 1.48 bits per heavy atom. The van der Waals surface area contributed by atoms with Gasteiger partial charge in [0, 0.05) is 23.0 Å². The second-order valence-electron chi connectivity index (χ2n) is 7.54. The van der Waals surface area contributed by atoms with Crippen LogP contribution < -0.4 is 16.2 Å². The Bertz CT molecular complexity index is 740. The van der Waals surface area contributed by atoms with Crippen LogP contribution in [0.25, 0.3) is 0 Å². The third-order valence-electron chi connectivity index (χ3n) is 4.79. The lowest BCUT2D eigenvalue weighted by Gasteiger charge is -2.39. The lowest BCUT2D eigenvalue weighted by Crippen LogP contribution is -2.49. The van der Waals surface area contributed by atoms with E-state index in [1.54, 1.807) is 11.8 Å². The molecule has 4 N–H and O–H groups in total. The molecule has 4 nitrogen and oxygen atoms in total. The van der Waals surface area contributed by atoms with Gasteiger partial charge in [0.05, 0.1) is 16.3 Å². The van der Waals surface area contributed by atoms with Crippen molar-refractivity contribution in [2.24, 2.45) is 0 Å². The number of hydrogen-bond acceptors (Lipinski definition) is 5. The molecule has 0 heterocycles. The minimum absolute atomic E-state index is 0.0630. The predicted octanol–water partition coefficient (Wildman–Crippen LogP) is 5.28. The zero-order chi connectivity index (χ0) is 20.1. The molecule has 2 rings (SSSR count). The number of rotatable bonds is 8. The van der Waals surface area contributed by atoms with E-state index in [-0.39, 0.29) is 6.10 Å². The number of para-hydroxylation sites is 1. The normalized spacial score (nSPS) is 14.0. The van der Waals surface area contributed by atoms with Crippen LogP contribution in [0.4, 0.5) is 11.4 Å². The maximum Gasteiger partial charge on any atom is 0.133 e. The number of anilines is 2. The fraction of sp³-hybridized carbons (Fsp3) is 0.455. The number of nitrogen functional groups attached to an aromatic ring is 2. The van der Waals surface area contributed by atoms with Crippen molar-refractivity contribution in [2.45, 2.75) is 75.6 Å². The molecule has 0 aliphatic heterocycles. The molecule has 0 fully saturated rings. The van der Waals surface area contributed by atoms with E-state index in [9.17, 15) is 0 Å². The molecule has 0 aliphatic carbocycles. The van der Waals surface area contributed by atoms with Crippen LogP contribution in [0.3, 0.4) is 0 Å². The maximum atomic E-state index is 6.40. The summed E-state index contributed by atoms with van der Waals surface area (Å²) in [5, 5.41) is 0. The van der Waals surface area contributed by atoms with Gasteiger partial charge in [-0.05, 0) is 71.9 Å². The summed E-state index contributed by atoms with van der Waals surface area (Å²) in [5.41, 5.74) is 13.0. The number of ether oxygens (including phenoxy) is 1. The van der Waals surface area contributed by atoms with E-state index in [1.807, 2.05) is 36.4 Å². The predicted molar refractivity (Wildman–Crippen MR) is 117 cm³/mol. The van der Waals surface area contributed by atoms with Crippen LogP contribution in [-0.2, 0) is 0 Å². The minimum atomic E-state index is 0.0630. The third kappa shape index (κ3) is 5.56. The Morgan fingerprint density at radius 3 is 2.07 bits per heavy atom. The highest BCUT2D eigenvalue weighted by atomic mass is 32.2. The van der Waals surface area contributed by atoms with Crippen LogP contribution >= 0.6 is 11.8 Å². The van der Waals surface area contributed by atoms with Crippen LogP contribution in [-0.4, -0.2) is 29.1 Å². The van der Waals surface area contributed by atoms with Gasteiger partial charge in [-0.15, -0.1) is 0 Å². The van der Waals surface area contributed by atoms with Gasteiger partial charge in [0.1, 0.15) is 11.9 Å². The van der Waals surface area contributed by atoms with Gasteiger partial charge in [-0.25, -0.2) is 0 Å². The molecule has 27 heavy (non-hydrogen) atoms. The molecule has 148 valence electrons. The van der Waals surface area contributed by atoms with Gasteiger partial charge in [0.2, 0.25) is 0 Å². The average molecular weight is 388 g/mol. The largest absolute Gasteiger partial charge is 0.488 e. The Balaban J connectivity index is 2.18. The molecule has 0 saturated heterocycles. The lowest BCUT2D eigenvalue weighted by molar-refractivity contribution is 0.0425. The topological polar surface area (TPSA) is 64.5 Å². The summed E-state index contributed by atoms with van der Waals surface area (Å²) in [7, 11) is 0. The molecule has 0 saturated carbocycles. The van der Waals surface area contributed by atoms with Crippen LogP contribution in [0, 0.1) is 0 Å². The highest BCUT2D eigenvalue weighted by Crippen LogP contribution is 2.37. The van der Waals surface area contributed by atoms with Gasteiger partial charge >= 0.3 is 0 Å². The van der Waals surface area contributed by atoms with Crippen LogP contribution in [0.2, 0.25) is 0 Å². The van der Waals surface area contributed by atoms with Crippen LogP contribution in [0.5, 0.6) is 5.75 Å². The first-order valence-corrected chi connectivity index (χ1v) is 10.4. The standard InChI is InChI=1S/C22H33N3OS/c1-14(2)25(15(3)4)16(5)17(6)26-21-9-7-8-10-22(21)27-18-11-12-19(23)20(24)13-18/h7-17H,23-24H2,1-6H3. The zero-order valence-electron chi connectivity index (χ0n) is 17.3. The van der Waals surface area contributed by atoms with E-state index in [1.165, 1.54) is 0 Å². The summed E-state index contributed by atoms with van der Waals surface area (Å²) < 4.78 is 6.40. The molecule has 2 atom stereocenters. The lowest BCUT2D eigenvalue weighted by atomic mass is 10.1. The summed E-state index contributed by atoms with van der Waals surface area (Å²) in [5.74, 6) is 0.893. The van der Waals surface area contributed by atoms with Crippen molar-refractivity contribution >= 4 is 23.1 Å². The zero-order valence-corrected chi connectivity index (χ0v) is 18.1. The SMILES string of the molecule is CC(Oc1ccccc1Sc1ccc(N)c(N)c1)C(C)N(C(C)C)C(C)C. The van der Waals surface area contributed by atoms with Gasteiger partial charge in [-0.1, -0.05) is 23.9 Å². The number of hydrogen-bond donors (Lipinski definition) is 2. The Kier molecular flexibility index (Phi) is 7.45. The van der Waals surface area contributed by atoms with Crippen molar-refractivity contribution in [1.29, 1.82) is 0 Å². The molecule has 2 aromatic rings. The summed E-state index contributed by atoms with van der Waals surface area (Å²) in [6, 6.07) is 15.1. The summed E-state index contributed by atoms with van der Waals surface area (Å²) in [6.07, 6.45) is 0.0630. The molecule has 0 aromatic heterocycles. The second kappa shape index (κ2) is 9.38. The molecule has 0 radical (unpaired) electrons. The molecular weight excluding hydrogens is 354 g/mol. The number of benzene rings is 2. The minimum Gasteiger partial charge on any atom is -0.488 e. The molecular formula is C22H33N3OS. The molecule has 0 bridgehead atoms. The molecule has 0 amide bonds. The molecule has 5 heteroatoms. The first-order valence-electron chi connectivity index (χ1n) is 9.56. The molecule has 2 aromatic carbocycles. The molecule has 0 aliphatic rings. The van der Waals surface area contributed by atoms with E-state index in [4.69, 9.17) is 16.2 Å². The maximum absolute atomic E-state index is 6.40. The summed E-state index contributed by atoms with van der Waals surface area (Å²) in [4.78, 5) is 4.60. The summed E-state index contributed by atoms with van der Waals surface area (Å²) >= 11 is 1.64. The van der Waals surface area contributed by atoms with E-state index < -0.39 is 0 Å². The van der Waals surface area contributed by atoms with E-state index in [0.717, 1.165) is 15.5 Å². The Morgan fingerprint density at radius 1 is 0.852 bits per heavy atom. The molecule has 2 unspecified atom stereocenters. The second-order valence-corrected chi connectivity index (χ2v) is 8.65. The first kappa shape index (κ1) is 21.5. The van der Waals surface area contributed by atoms with Crippen LogP contribution in [0.1, 0.15) is 41.5 Å². The highest BCUT2D eigenvalue weighted by Gasteiger charge is 2.26. The Labute approximate surface area is 168 Å². The van der Waals surface area contributed by atoms with Gasteiger partial charge in [-0.2, -0.15) is 0 Å². The molecule has 0 spiro atoms. The van der Waals surface area contributed by atoms with Gasteiger partial charge in [-0.3, -0.25) is 4.90 Å². The van der Waals surface area contributed by atoms with Crippen molar-refractivity contribution in [3.63, 3.8) is 0 Å². The van der Waals surface area contributed by atoms with Crippen molar-refractivity contribution in [2.75, 3.05) is 11.5 Å². The van der Waals surface area contributed by atoms with Crippen LogP contribution in [0.15, 0.2) is 52.3 Å². The van der Waals surface area contributed by atoms with Gasteiger partial charge in [0.15, 0.2) is 0 Å². The van der Waals surface area contributed by atoms with Crippen molar-refractivity contribution < 1.29 is 4.74 Å². The van der Waals surface area contributed by atoms with Gasteiger partial charge in [0.25, 0.3) is 0 Å². The van der Waals surface area contributed by atoms with Crippen molar-refractivity contribution in [1.82, 2.24) is 4.90 Å². The summed E-state index contributed by atoms with van der Waals surface area (Å²) in [6.45, 7) is 13.3. The van der Waals surface area contributed by atoms with Crippen molar-refractivity contribution in [3.05, 3.63) is 42.5 Å². The first-order chi connectivity index (χ1) is 12.7. The quantitative estimate of drug-likeness (QED) is 0.604. The smallest absolute Gasteiger partial charge is 0.133 e. The fourth-order valence-corrected chi connectivity index (χ4v) is 4.39. The fourth-order valence-electron chi connectivity index (χ4n) is 3.45. The number of nitrogens with two attached hydrogens (primary N) is 2. The third-order valence-corrected chi connectivity index (χ3v) is 5.84. The Hall–Kier alpha value is -1.85. The van der Waals surface area contributed by atoms with Crippen molar-refractivity contribution in [3.8, 4) is 5.75 Å². The van der Waals surface area contributed by atoms with E-state index >= 15 is 0 Å². The number of nitrogens with zero attached hydrogens (tertiary/aromatic N) is 1.